The number of piperidine rings is 1. The number of aromatic amines is 1. The topological polar surface area (TPSA) is 19.0 Å². The quantitative estimate of drug-likeness (QED) is 0.708. The van der Waals surface area contributed by atoms with Crippen molar-refractivity contribution < 1.29 is 0 Å². The van der Waals surface area contributed by atoms with Gasteiger partial charge in [0.1, 0.15) is 0 Å². The third-order valence-electron chi connectivity index (χ3n) is 2.50. The molecule has 0 spiro atoms. The van der Waals surface area contributed by atoms with Crippen LogP contribution in [0.15, 0.2) is 18.3 Å². The maximum Gasteiger partial charge on any atom is 0.0385 e. The van der Waals surface area contributed by atoms with E-state index in [1.165, 1.54) is 38.0 Å². The summed E-state index contributed by atoms with van der Waals surface area (Å²) < 4.78 is 0. The lowest BCUT2D eigenvalue weighted by Crippen LogP contribution is -2.29. The molecule has 0 unspecified atom stereocenters. The third kappa shape index (κ3) is 1.89. The molecule has 0 saturated carbocycles. The van der Waals surface area contributed by atoms with E-state index in [4.69, 9.17) is 0 Å². The lowest BCUT2D eigenvalue weighted by atomic mass is 10.1. The van der Waals surface area contributed by atoms with Crippen LogP contribution in [0.2, 0.25) is 0 Å². The Morgan fingerprint density at radius 1 is 1.25 bits per heavy atom. The van der Waals surface area contributed by atoms with Gasteiger partial charge < -0.3 is 4.98 Å². The molecule has 1 aliphatic rings. The summed E-state index contributed by atoms with van der Waals surface area (Å²) in [6.45, 7) is 3.66. The van der Waals surface area contributed by atoms with Gasteiger partial charge in [0.05, 0.1) is 0 Å². The molecule has 66 valence electrons. The highest BCUT2D eigenvalue weighted by molar-refractivity contribution is 5.03. The van der Waals surface area contributed by atoms with Crippen LogP contribution in [0, 0.1) is 0 Å². The van der Waals surface area contributed by atoms with Gasteiger partial charge in [0.25, 0.3) is 0 Å². The second-order valence-corrected chi connectivity index (χ2v) is 3.53. The van der Waals surface area contributed by atoms with Crippen molar-refractivity contribution in [1.29, 1.82) is 0 Å². The highest BCUT2D eigenvalue weighted by Gasteiger charge is 2.09. The summed E-state index contributed by atoms with van der Waals surface area (Å²) >= 11 is 0. The van der Waals surface area contributed by atoms with Gasteiger partial charge in [-0.25, -0.2) is 0 Å². The van der Waals surface area contributed by atoms with E-state index in [1.807, 2.05) is 6.20 Å². The zero-order chi connectivity index (χ0) is 8.23. The van der Waals surface area contributed by atoms with Gasteiger partial charge >= 0.3 is 0 Å². The van der Waals surface area contributed by atoms with E-state index in [9.17, 15) is 0 Å². The summed E-state index contributed by atoms with van der Waals surface area (Å²) in [5.74, 6) is 0. The molecule has 0 bridgehead atoms. The standard InChI is InChI=1S/C10H16N2/c1-2-7-12(8-3-1)9-10-5-4-6-11-10/h4-6,11H,1-3,7-9H2. The van der Waals surface area contributed by atoms with E-state index < -0.39 is 0 Å². The van der Waals surface area contributed by atoms with Crippen LogP contribution in [-0.2, 0) is 6.54 Å². The van der Waals surface area contributed by atoms with E-state index in [1.54, 1.807) is 0 Å². The first kappa shape index (κ1) is 7.87. The van der Waals surface area contributed by atoms with Crippen molar-refractivity contribution in [3.05, 3.63) is 24.0 Å². The summed E-state index contributed by atoms with van der Waals surface area (Å²) in [7, 11) is 0. The van der Waals surface area contributed by atoms with E-state index >= 15 is 0 Å². The van der Waals surface area contributed by atoms with Crippen LogP contribution in [0.4, 0.5) is 0 Å². The number of aromatic nitrogens is 1. The van der Waals surface area contributed by atoms with Crippen LogP contribution in [0.25, 0.3) is 0 Å². The lowest BCUT2D eigenvalue weighted by Gasteiger charge is -2.25. The van der Waals surface area contributed by atoms with Crippen LogP contribution in [0.5, 0.6) is 0 Å². The molecule has 0 amide bonds. The highest BCUT2D eigenvalue weighted by atomic mass is 15.1. The smallest absolute Gasteiger partial charge is 0.0385 e. The molecule has 1 N–H and O–H groups in total. The third-order valence-corrected chi connectivity index (χ3v) is 2.50. The fourth-order valence-corrected chi connectivity index (χ4v) is 1.82. The maximum atomic E-state index is 3.24. The second-order valence-electron chi connectivity index (χ2n) is 3.53. The minimum absolute atomic E-state index is 1.10. The van der Waals surface area contributed by atoms with E-state index in [-0.39, 0.29) is 0 Å². The Morgan fingerprint density at radius 2 is 2.08 bits per heavy atom. The molecule has 1 aliphatic heterocycles. The van der Waals surface area contributed by atoms with E-state index in [0.717, 1.165) is 6.54 Å². The summed E-state index contributed by atoms with van der Waals surface area (Å²) in [6.07, 6.45) is 6.17. The minimum atomic E-state index is 1.10. The first-order valence-electron chi connectivity index (χ1n) is 4.80. The predicted molar refractivity (Wildman–Crippen MR) is 49.9 cm³/mol. The number of H-pyrrole nitrogens is 1. The zero-order valence-corrected chi connectivity index (χ0v) is 7.42. The molecule has 0 atom stereocenters. The molecular weight excluding hydrogens is 148 g/mol. The average Bonchev–Trinajstić information content (AvgIpc) is 2.59. The Bertz CT molecular complexity index is 210. The molecule has 1 saturated heterocycles. The number of nitrogens with zero attached hydrogens (tertiary/aromatic N) is 1. The normalized spacial score (nSPS) is 19.7. The van der Waals surface area contributed by atoms with Gasteiger partial charge in [-0.05, 0) is 38.1 Å². The van der Waals surface area contributed by atoms with Gasteiger partial charge in [-0.1, -0.05) is 6.42 Å². The number of rotatable bonds is 2. The number of hydrogen-bond acceptors (Lipinski definition) is 1. The number of nitrogens with one attached hydrogen (secondary N) is 1. The van der Waals surface area contributed by atoms with Crippen LogP contribution in [-0.4, -0.2) is 23.0 Å². The zero-order valence-electron chi connectivity index (χ0n) is 7.42. The van der Waals surface area contributed by atoms with Crippen LogP contribution >= 0.6 is 0 Å². The molecule has 1 aromatic rings. The predicted octanol–water partition coefficient (Wildman–Crippen LogP) is 2.00. The monoisotopic (exact) mass is 164 g/mol. The molecule has 2 nitrogen and oxygen atoms in total. The summed E-state index contributed by atoms with van der Waals surface area (Å²) in [6, 6.07) is 4.23. The molecule has 1 aromatic heterocycles. The number of hydrogen-bond donors (Lipinski definition) is 1. The van der Waals surface area contributed by atoms with Crippen molar-refractivity contribution in [1.82, 2.24) is 9.88 Å². The Balaban J connectivity index is 1.86. The molecular formula is C10H16N2. The highest BCUT2D eigenvalue weighted by Crippen LogP contribution is 2.11. The van der Waals surface area contributed by atoms with Gasteiger partial charge in [0.15, 0.2) is 0 Å². The summed E-state index contributed by atoms with van der Waals surface area (Å²) in [4.78, 5) is 5.77. The molecule has 2 heterocycles. The molecule has 1 fully saturated rings. The summed E-state index contributed by atoms with van der Waals surface area (Å²) in [5.41, 5.74) is 1.34. The fraction of sp³-hybridized carbons (Fsp3) is 0.600. The summed E-state index contributed by atoms with van der Waals surface area (Å²) in [5, 5.41) is 0. The molecule has 0 aliphatic carbocycles. The Labute approximate surface area is 73.6 Å². The Morgan fingerprint density at radius 3 is 2.75 bits per heavy atom. The molecule has 2 heteroatoms. The molecule has 12 heavy (non-hydrogen) atoms. The molecule has 0 aromatic carbocycles. The van der Waals surface area contributed by atoms with Gasteiger partial charge in [0, 0.05) is 18.4 Å². The van der Waals surface area contributed by atoms with Gasteiger partial charge in [-0.15, -0.1) is 0 Å². The van der Waals surface area contributed by atoms with Gasteiger partial charge in [-0.3, -0.25) is 4.90 Å². The largest absolute Gasteiger partial charge is 0.364 e. The maximum absolute atomic E-state index is 3.24. The van der Waals surface area contributed by atoms with Crippen molar-refractivity contribution in [2.24, 2.45) is 0 Å². The Hall–Kier alpha value is -0.760. The molecule has 2 rings (SSSR count). The van der Waals surface area contributed by atoms with Crippen molar-refractivity contribution >= 4 is 0 Å². The first-order valence-corrected chi connectivity index (χ1v) is 4.80. The fourth-order valence-electron chi connectivity index (χ4n) is 1.82. The lowest BCUT2D eigenvalue weighted by molar-refractivity contribution is 0.219. The van der Waals surface area contributed by atoms with Crippen LogP contribution < -0.4 is 0 Å². The van der Waals surface area contributed by atoms with Crippen molar-refractivity contribution in [3.8, 4) is 0 Å². The van der Waals surface area contributed by atoms with E-state index in [0.29, 0.717) is 0 Å². The van der Waals surface area contributed by atoms with Crippen LogP contribution in [0.1, 0.15) is 25.0 Å². The SMILES string of the molecule is c1c[nH]c(CN2CCCCC2)c1. The van der Waals surface area contributed by atoms with Crippen molar-refractivity contribution in [3.63, 3.8) is 0 Å². The van der Waals surface area contributed by atoms with Crippen LogP contribution in [0.3, 0.4) is 0 Å². The number of likely N-dealkylation sites (tertiary alicyclic amines) is 1. The van der Waals surface area contributed by atoms with E-state index in [2.05, 4.69) is 22.0 Å². The Kier molecular flexibility index (Phi) is 2.47. The molecule has 0 radical (unpaired) electrons. The van der Waals surface area contributed by atoms with Gasteiger partial charge in [-0.2, -0.15) is 0 Å². The minimum Gasteiger partial charge on any atom is -0.364 e. The van der Waals surface area contributed by atoms with Crippen molar-refractivity contribution in [2.45, 2.75) is 25.8 Å². The first-order chi connectivity index (χ1) is 5.95. The average molecular weight is 164 g/mol. The van der Waals surface area contributed by atoms with Gasteiger partial charge in [0.2, 0.25) is 0 Å². The second kappa shape index (κ2) is 3.76. The van der Waals surface area contributed by atoms with Crippen molar-refractivity contribution in [2.75, 3.05) is 13.1 Å².